The van der Waals surface area contributed by atoms with Crippen molar-refractivity contribution in [3.63, 3.8) is 0 Å². The number of carboxylic acid groups (broad SMARTS) is 1. The lowest BCUT2D eigenvalue weighted by Crippen LogP contribution is -2.17. The van der Waals surface area contributed by atoms with E-state index < -0.39 is 12.1 Å². The van der Waals surface area contributed by atoms with Crippen molar-refractivity contribution in [2.24, 2.45) is 0 Å². The van der Waals surface area contributed by atoms with Crippen molar-refractivity contribution in [2.75, 3.05) is 12.4 Å². The summed E-state index contributed by atoms with van der Waals surface area (Å²) < 4.78 is 10.5. The predicted octanol–water partition coefficient (Wildman–Crippen LogP) is 3.90. The summed E-state index contributed by atoms with van der Waals surface area (Å²) in [5.41, 5.74) is 0.749. The van der Waals surface area contributed by atoms with Crippen LogP contribution in [-0.2, 0) is 11.3 Å². The number of aromatic carboxylic acids is 1. The molecule has 0 radical (unpaired) electrons. The molecule has 0 saturated heterocycles. The second kappa shape index (κ2) is 7.64. The van der Waals surface area contributed by atoms with E-state index in [1.165, 1.54) is 13.2 Å². The molecule has 6 nitrogen and oxygen atoms in total. The van der Waals surface area contributed by atoms with Gasteiger partial charge in [-0.15, -0.1) is 0 Å². The number of anilines is 1. The van der Waals surface area contributed by atoms with Gasteiger partial charge in [-0.3, -0.25) is 5.32 Å². The Morgan fingerprint density at radius 1 is 1.17 bits per heavy atom. The lowest BCUT2D eigenvalue weighted by molar-refractivity contribution is 0.0694. The van der Waals surface area contributed by atoms with Crippen LogP contribution in [0.3, 0.4) is 0 Å². The van der Waals surface area contributed by atoms with E-state index in [9.17, 15) is 14.7 Å². The monoisotopic (exact) mass is 379 g/mol. The highest BCUT2D eigenvalue weighted by Gasteiger charge is 2.21. The lowest BCUT2D eigenvalue weighted by atomic mass is 10.1. The van der Waals surface area contributed by atoms with Gasteiger partial charge in [0.15, 0.2) is 0 Å². The number of methoxy groups -OCH3 is 1. The van der Waals surface area contributed by atoms with Gasteiger partial charge < -0.3 is 14.6 Å². The zero-order valence-electron chi connectivity index (χ0n) is 12.2. The van der Waals surface area contributed by atoms with E-state index >= 15 is 0 Å². The summed E-state index contributed by atoms with van der Waals surface area (Å²) in [5.74, 6) is -1.08. The number of amides is 1. The number of hydrogen-bond donors (Lipinski definition) is 2. The number of carbonyl (C=O) groups excluding carboxylic acids is 1. The number of benzene rings is 2. The molecular weight excluding hydrogens is 366 g/mol. The van der Waals surface area contributed by atoms with Crippen LogP contribution < -0.4 is 10.1 Å². The van der Waals surface area contributed by atoms with Gasteiger partial charge in [0.2, 0.25) is 0 Å². The van der Waals surface area contributed by atoms with Crippen molar-refractivity contribution >= 4 is 33.7 Å². The number of nitrogens with one attached hydrogen (secondary N) is 1. The molecule has 2 rings (SSSR count). The Labute approximate surface area is 141 Å². The van der Waals surface area contributed by atoms with Crippen LogP contribution in [-0.4, -0.2) is 24.3 Å². The first-order valence-electron chi connectivity index (χ1n) is 6.60. The molecule has 2 N–H and O–H groups in total. The van der Waals surface area contributed by atoms with Gasteiger partial charge in [-0.25, -0.2) is 9.59 Å². The number of rotatable bonds is 5. The third kappa shape index (κ3) is 4.23. The minimum atomic E-state index is -1.22. The van der Waals surface area contributed by atoms with Crippen molar-refractivity contribution in [3.05, 3.63) is 58.1 Å². The van der Waals surface area contributed by atoms with Crippen molar-refractivity contribution < 1.29 is 24.2 Å². The highest BCUT2D eigenvalue weighted by atomic mass is 79.9. The topological polar surface area (TPSA) is 84.9 Å². The normalized spacial score (nSPS) is 10.0. The Kier molecular flexibility index (Phi) is 5.59. The first-order valence-corrected chi connectivity index (χ1v) is 7.39. The quantitative estimate of drug-likeness (QED) is 0.822. The number of halogens is 1. The highest BCUT2D eigenvalue weighted by Crippen LogP contribution is 2.33. The van der Waals surface area contributed by atoms with Crippen molar-refractivity contribution in [3.8, 4) is 5.75 Å². The fourth-order valence-electron chi connectivity index (χ4n) is 1.92. The van der Waals surface area contributed by atoms with Gasteiger partial charge in [0.25, 0.3) is 0 Å². The zero-order chi connectivity index (χ0) is 16.8. The van der Waals surface area contributed by atoms with Crippen molar-refractivity contribution in [1.82, 2.24) is 0 Å². The van der Waals surface area contributed by atoms with E-state index in [2.05, 4.69) is 21.2 Å². The van der Waals surface area contributed by atoms with Crippen LogP contribution in [0.5, 0.6) is 5.75 Å². The van der Waals surface area contributed by atoms with Gasteiger partial charge in [-0.05, 0) is 33.6 Å². The SMILES string of the molecule is COc1ccc(Br)c(NC(=O)OCc2ccccc2)c1C(=O)O. The fourth-order valence-corrected chi connectivity index (χ4v) is 2.35. The molecule has 0 aromatic heterocycles. The van der Waals surface area contributed by atoms with Gasteiger partial charge in [0.05, 0.1) is 12.8 Å². The van der Waals surface area contributed by atoms with Gasteiger partial charge in [-0.1, -0.05) is 30.3 Å². The van der Waals surface area contributed by atoms with Gasteiger partial charge >= 0.3 is 12.1 Å². The Morgan fingerprint density at radius 3 is 2.48 bits per heavy atom. The first kappa shape index (κ1) is 16.8. The van der Waals surface area contributed by atoms with Gasteiger partial charge in [0.1, 0.15) is 17.9 Å². The van der Waals surface area contributed by atoms with E-state index in [0.29, 0.717) is 4.47 Å². The number of ether oxygens (including phenoxy) is 2. The summed E-state index contributed by atoms with van der Waals surface area (Å²) in [7, 11) is 1.35. The molecule has 0 aliphatic heterocycles. The van der Waals surface area contributed by atoms with Crippen LogP contribution in [0.15, 0.2) is 46.9 Å². The molecule has 0 aliphatic rings. The average Bonchev–Trinajstić information content (AvgIpc) is 2.55. The molecule has 0 spiro atoms. The Bertz CT molecular complexity index is 718. The Balaban J connectivity index is 2.15. The molecule has 2 aromatic rings. The summed E-state index contributed by atoms with van der Waals surface area (Å²) in [5, 5.41) is 11.8. The third-order valence-electron chi connectivity index (χ3n) is 2.99. The Hall–Kier alpha value is -2.54. The van der Waals surface area contributed by atoms with E-state index in [1.54, 1.807) is 6.07 Å². The molecule has 0 saturated carbocycles. The molecule has 0 heterocycles. The maximum absolute atomic E-state index is 11.9. The largest absolute Gasteiger partial charge is 0.496 e. The highest BCUT2D eigenvalue weighted by molar-refractivity contribution is 9.10. The molecule has 0 fully saturated rings. The maximum atomic E-state index is 11.9. The molecule has 7 heteroatoms. The van der Waals surface area contributed by atoms with Crippen LogP contribution in [0.4, 0.5) is 10.5 Å². The van der Waals surface area contributed by atoms with Crippen LogP contribution in [0.2, 0.25) is 0 Å². The van der Waals surface area contributed by atoms with Crippen molar-refractivity contribution in [2.45, 2.75) is 6.61 Å². The summed E-state index contributed by atoms with van der Waals surface area (Å²) in [4.78, 5) is 23.3. The van der Waals surface area contributed by atoms with E-state index in [-0.39, 0.29) is 23.6 Å². The molecule has 120 valence electrons. The molecule has 1 amide bonds. The summed E-state index contributed by atoms with van der Waals surface area (Å²) in [6, 6.07) is 12.2. The van der Waals surface area contributed by atoms with Crippen LogP contribution in [0.1, 0.15) is 15.9 Å². The van der Waals surface area contributed by atoms with Crippen LogP contribution in [0, 0.1) is 0 Å². The summed E-state index contributed by atoms with van der Waals surface area (Å²) >= 11 is 3.21. The van der Waals surface area contributed by atoms with Gasteiger partial charge in [0, 0.05) is 4.47 Å². The molecule has 2 aromatic carbocycles. The first-order chi connectivity index (χ1) is 11.0. The predicted molar refractivity (Wildman–Crippen MR) is 87.9 cm³/mol. The molecule has 0 atom stereocenters. The molecule has 23 heavy (non-hydrogen) atoms. The molecule has 0 aliphatic carbocycles. The average molecular weight is 380 g/mol. The van der Waals surface area contributed by atoms with Crippen LogP contribution in [0.25, 0.3) is 0 Å². The third-order valence-corrected chi connectivity index (χ3v) is 3.65. The van der Waals surface area contributed by atoms with E-state index in [1.807, 2.05) is 30.3 Å². The van der Waals surface area contributed by atoms with E-state index in [0.717, 1.165) is 5.56 Å². The molecule has 0 bridgehead atoms. The van der Waals surface area contributed by atoms with E-state index in [4.69, 9.17) is 9.47 Å². The summed E-state index contributed by atoms with van der Waals surface area (Å²) in [6.07, 6.45) is -0.759. The second-order valence-corrected chi connectivity index (χ2v) is 5.35. The number of carboxylic acids is 1. The number of carbonyl (C=O) groups is 2. The fraction of sp³-hybridized carbons (Fsp3) is 0.125. The smallest absolute Gasteiger partial charge is 0.412 e. The Morgan fingerprint density at radius 2 is 1.87 bits per heavy atom. The lowest BCUT2D eigenvalue weighted by Gasteiger charge is -2.14. The van der Waals surface area contributed by atoms with Crippen molar-refractivity contribution in [1.29, 1.82) is 0 Å². The zero-order valence-corrected chi connectivity index (χ0v) is 13.8. The standard InChI is InChI=1S/C16H14BrNO5/c1-22-12-8-7-11(17)14(13(12)15(19)20)18-16(21)23-9-10-5-3-2-4-6-10/h2-8H,9H2,1H3,(H,18,21)(H,19,20). The van der Waals surface area contributed by atoms with Crippen LogP contribution >= 0.6 is 15.9 Å². The minimum Gasteiger partial charge on any atom is -0.496 e. The minimum absolute atomic E-state index is 0.0786. The maximum Gasteiger partial charge on any atom is 0.412 e. The van der Waals surface area contributed by atoms with Gasteiger partial charge in [-0.2, -0.15) is 0 Å². The number of hydrogen-bond acceptors (Lipinski definition) is 4. The second-order valence-electron chi connectivity index (χ2n) is 4.49. The molecular formula is C16H14BrNO5. The molecule has 0 unspecified atom stereocenters. The summed E-state index contributed by atoms with van der Waals surface area (Å²) in [6.45, 7) is 0.0800.